The van der Waals surface area contributed by atoms with Crippen molar-refractivity contribution >= 4 is 27.7 Å². The Morgan fingerprint density at radius 1 is 0.712 bits per heavy atom. The quantitative estimate of drug-likeness (QED) is 0.143. The topological polar surface area (TPSA) is 61.5 Å². The lowest BCUT2D eigenvalue weighted by Gasteiger charge is -2.20. The smallest absolute Gasteiger partial charge is 0.216 e. The van der Waals surface area contributed by atoms with Gasteiger partial charge in [0.05, 0.1) is 22.8 Å². The van der Waals surface area contributed by atoms with E-state index in [1.165, 1.54) is 16.5 Å². The van der Waals surface area contributed by atoms with E-state index in [2.05, 4.69) is 126 Å². The van der Waals surface area contributed by atoms with Crippen LogP contribution in [-0.4, -0.2) is 33.1 Å². The van der Waals surface area contributed by atoms with E-state index in [4.69, 9.17) is 19.5 Å². The molecule has 6 nitrogen and oxygen atoms in total. The summed E-state index contributed by atoms with van der Waals surface area (Å²) < 4.78 is 15.4. The summed E-state index contributed by atoms with van der Waals surface area (Å²) in [5.74, 6) is 3.54. The third-order valence-electron chi connectivity index (χ3n) is 10.3. The largest absolute Gasteiger partial charge is 0.475 e. The summed E-state index contributed by atoms with van der Waals surface area (Å²) in [5, 5.41) is 2.36. The van der Waals surface area contributed by atoms with Gasteiger partial charge in [-0.05, 0) is 107 Å². The highest BCUT2D eigenvalue weighted by atomic mass is 16.5. The van der Waals surface area contributed by atoms with Crippen molar-refractivity contribution in [1.29, 1.82) is 0 Å². The summed E-state index contributed by atoms with van der Waals surface area (Å²) in [5.41, 5.74) is 7.43. The van der Waals surface area contributed by atoms with Crippen LogP contribution in [0.25, 0.3) is 38.9 Å². The van der Waals surface area contributed by atoms with Crippen LogP contribution in [-0.2, 0) is 15.6 Å². The van der Waals surface area contributed by atoms with Crippen LogP contribution in [0.1, 0.15) is 97.8 Å². The Morgan fingerprint density at radius 3 is 2.17 bits per heavy atom. The molecule has 0 amide bonds. The fourth-order valence-corrected chi connectivity index (χ4v) is 7.44. The molecule has 268 valence electrons. The molecule has 3 aromatic heterocycles. The summed E-state index contributed by atoms with van der Waals surface area (Å²) in [4.78, 5) is 14.7. The minimum absolute atomic E-state index is 0.0132. The zero-order valence-corrected chi connectivity index (χ0v) is 32.0. The van der Waals surface area contributed by atoms with E-state index in [0.29, 0.717) is 24.2 Å². The summed E-state index contributed by atoms with van der Waals surface area (Å²) >= 11 is 0. The molecule has 0 aliphatic carbocycles. The first-order chi connectivity index (χ1) is 24.9. The lowest BCUT2D eigenvalue weighted by Crippen LogP contribution is -2.19. The van der Waals surface area contributed by atoms with Gasteiger partial charge in [0.25, 0.3) is 0 Å². The first-order valence-electron chi connectivity index (χ1n) is 18.9. The van der Waals surface area contributed by atoms with Crippen LogP contribution in [0.5, 0.6) is 11.5 Å². The molecule has 1 atom stereocenters. The van der Waals surface area contributed by atoms with Crippen LogP contribution in [0.15, 0.2) is 102 Å². The summed E-state index contributed by atoms with van der Waals surface area (Å²) in [6.45, 7) is 18.6. The Bertz CT molecular complexity index is 2230. The van der Waals surface area contributed by atoms with Crippen molar-refractivity contribution in [2.24, 2.45) is 10.9 Å². The number of hydrogen-bond acceptors (Lipinski definition) is 5. The molecule has 0 saturated carbocycles. The number of aromatic nitrogens is 3. The van der Waals surface area contributed by atoms with Crippen LogP contribution in [0.2, 0.25) is 0 Å². The normalized spacial score (nSPS) is 15.0. The van der Waals surface area contributed by atoms with Crippen LogP contribution < -0.4 is 4.74 Å². The van der Waals surface area contributed by atoms with E-state index in [1.54, 1.807) is 0 Å². The van der Waals surface area contributed by atoms with Gasteiger partial charge in [-0.2, -0.15) is 0 Å². The number of pyridine rings is 2. The molecule has 4 heterocycles. The molecule has 7 rings (SSSR count). The Labute approximate surface area is 309 Å². The number of nitrogens with zero attached hydrogens (tertiary/aromatic N) is 4. The highest BCUT2D eigenvalue weighted by Gasteiger charge is 2.28. The van der Waals surface area contributed by atoms with Crippen molar-refractivity contribution in [2.45, 2.75) is 97.9 Å². The average molecular weight is 693 g/mol. The molecule has 6 aromatic rings. The van der Waals surface area contributed by atoms with Gasteiger partial charge >= 0.3 is 0 Å². The SMILES string of the molecule is CCCC(CCC)[C@@H]1COC(c2cc(Oc3ccc4c5cc(C(C)(C)C)ccc5n(-c5cc(C(C)(C)C)ccn5)c4c3)cc(-c3ccccn3)c2)=N1. The molecule has 52 heavy (non-hydrogen) atoms. The van der Waals surface area contributed by atoms with Gasteiger partial charge in [0.1, 0.15) is 23.9 Å². The molecule has 6 heteroatoms. The van der Waals surface area contributed by atoms with Gasteiger partial charge in [0.2, 0.25) is 5.90 Å². The van der Waals surface area contributed by atoms with E-state index >= 15 is 0 Å². The Kier molecular flexibility index (Phi) is 9.69. The molecule has 1 aliphatic heterocycles. The second kappa shape index (κ2) is 14.2. The molecule has 0 unspecified atom stereocenters. The minimum Gasteiger partial charge on any atom is -0.475 e. The Hall–Kier alpha value is -4.97. The van der Waals surface area contributed by atoms with E-state index in [-0.39, 0.29) is 16.9 Å². The first kappa shape index (κ1) is 35.4. The monoisotopic (exact) mass is 692 g/mol. The third-order valence-corrected chi connectivity index (χ3v) is 10.3. The van der Waals surface area contributed by atoms with Crippen LogP contribution in [0, 0.1) is 5.92 Å². The molecule has 0 saturated heterocycles. The van der Waals surface area contributed by atoms with Crippen molar-refractivity contribution in [3.8, 4) is 28.6 Å². The van der Waals surface area contributed by atoms with Crippen molar-refractivity contribution in [3.63, 3.8) is 0 Å². The van der Waals surface area contributed by atoms with Crippen LogP contribution >= 0.6 is 0 Å². The number of ether oxygens (including phenoxy) is 2. The van der Waals surface area contributed by atoms with Crippen molar-refractivity contribution in [3.05, 3.63) is 114 Å². The van der Waals surface area contributed by atoms with Crippen LogP contribution in [0.4, 0.5) is 0 Å². The molecule has 0 radical (unpaired) electrons. The van der Waals surface area contributed by atoms with Gasteiger partial charge in [-0.25, -0.2) is 9.98 Å². The molecular formula is C46H52N4O2. The lowest BCUT2D eigenvalue weighted by atomic mass is 9.86. The number of benzene rings is 3. The lowest BCUT2D eigenvalue weighted by molar-refractivity contribution is 0.261. The van der Waals surface area contributed by atoms with Gasteiger partial charge < -0.3 is 9.47 Å². The predicted octanol–water partition coefficient (Wildman–Crippen LogP) is 12.0. The fraction of sp³-hybridized carbons (Fsp3) is 0.370. The number of hydrogen-bond donors (Lipinski definition) is 0. The average Bonchev–Trinajstić information content (AvgIpc) is 3.74. The van der Waals surface area contributed by atoms with E-state index in [0.717, 1.165) is 70.5 Å². The second-order valence-electron chi connectivity index (χ2n) is 16.4. The fourth-order valence-electron chi connectivity index (χ4n) is 7.44. The molecule has 3 aromatic carbocycles. The molecule has 0 spiro atoms. The maximum Gasteiger partial charge on any atom is 0.216 e. The zero-order valence-electron chi connectivity index (χ0n) is 32.0. The molecule has 0 N–H and O–H groups in total. The zero-order chi connectivity index (χ0) is 36.6. The van der Waals surface area contributed by atoms with E-state index < -0.39 is 0 Å². The van der Waals surface area contributed by atoms with Gasteiger partial charge in [-0.15, -0.1) is 0 Å². The third kappa shape index (κ3) is 7.21. The van der Waals surface area contributed by atoms with E-state index in [1.807, 2.05) is 36.7 Å². The first-order valence-corrected chi connectivity index (χ1v) is 18.9. The molecule has 0 fully saturated rings. The number of fused-ring (bicyclic) bond motifs is 3. The molecule has 0 bridgehead atoms. The number of rotatable bonds is 10. The highest BCUT2D eigenvalue weighted by Crippen LogP contribution is 2.39. The van der Waals surface area contributed by atoms with Gasteiger partial charge in [0.15, 0.2) is 0 Å². The van der Waals surface area contributed by atoms with Gasteiger partial charge in [-0.3, -0.25) is 9.55 Å². The minimum atomic E-state index is -0.0132. The van der Waals surface area contributed by atoms with Gasteiger partial charge in [0, 0.05) is 40.4 Å². The Morgan fingerprint density at radius 2 is 1.46 bits per heavy atom. The highest BCUT2D eigenvalue weighted by molar-refractivity contribution is 6.09. The Balaban J connectivity index is 1.34. The summed E-state index contributed by atoms with van der Waals surface area (Å²) in [7, 11) is 0. The maximum atomic E-state index is 6.77. The second-order valence-corrected chi connectivity index (χ2v) is 16.4. The van der Waals surface area contributed by atoms with Crippen molar-refractivity contribution in [1.82, 2.24) is 14.5 Å². The standard InChI is InChI=1S/C46H52N4O2/c1-9-13-30(14-10-2)40-29-51-44(49-40)32-23-31(39-15-11-12-21-47-39)24-36(25-32)52-35-17-18-37-38-26-33(45(3,4)5)16-19-41(38)50(42(37)28-35)43-27-34(20-22-48-43)46(6,7)8/h11-12,15-28,30,40H,9-10,13-14,29H2,1-8H3/t40-/m0/s1. The van der Waals surface area contributed by atoms with Crippen LogP contribution in [0.3, 0.4) is 0 Å². The predicted molar refractivity (Wildman–Crippen MR) is 215 cm³/mol. The van der Waals surface area contributed by atoms with Crippen molar-refractivity contribution < 1.29 is 9.47 Å². The maximum absolute atomic E-state index is 6.77. The summed E-state index contributed by atoms with van der Waals surface area (Å²) in [6.07, 6.45) is 8.37. The molecule has 1 aliphatic rings. The summed E-state index contributed by atoms with van der Waals surface area (Å²) in [6, 6.07) is 29.9. The van der Waals surface area contributed by atoms with Crippen molar-refractivity contribution in [2.75, 3.05) is 6.61 Å². The van der Waals surface area contributed by atoms with E-state index in [9.17, 15) is 0 Å². The molecular weight excluding hydrogens is 641 g/mol. The number of aliphatic imine (C=N–C) groups is 1. The van der Waals surface area contributed by atoms with Gasteiger partial charge in [-0.1, -0.05) is 80.4 Å².